The first kappa shape index (κ1) is 13.5. The first-order valence-electron chi connectivity index (χ1n) is 6.50. The Balaban J connectivity index is 2.30. The summed E-state index contributed by atoms with van der Waals surface area (Å²) in [7, 11) is 0. The van der Waals surface area contributed by atoms with Crippen LogP contribution in [0.25, 0.3) is 0 Å². The summed E-state index contributed by atoms with van der Waals surface area (Å²) < 4.78 is 5.30. The summed E-state index contributed by atoms with van der Waals surface area (Å²) in [6.07, 6.45) is 6.32. The smallest absolute Gasteiger partial charge is 0.246 e. The summed E-state index contributed by atoms with van der Waals surface area (Å²) in [5.74, 6) is 0.637. The largest absolute Gasteiger partial charge is 0.369 e. The predicted octanol–water partition coefficient (Wildman–Crippen LogP) is 2.50. The summed E-state index contributed by atoms with van der Waals surface area (Å²) in [4.78, 5) is 11.6. The van der Waals surface area contributed by atoms with Gasteiger partial charge in [-0.05, 0) is 32.6 Å². The number of hydrogen-bond acceptors (Lipinski definition) is 2. The van der Waals surface area contributed by atoms with E-state index in [1.807, 2.05) is 13.8 Å². The Kier molecular flexibility index (Phi) is 5.81. The van der Waals surface area contributed by atoms with Crippen LogP contribution in [0.5, 0.6) is 0 Å². The van der Waals surface area contributed by atoms with E-state index in [1.54, 1.807) is 0 Å². The highest BCUT2D eigenvalue weighted by atomic mass is 16.5. The van der Waals surface area contributed by atoms with Crippen molar-refractivity contribution >= 4 is 5.91 Å². The third-order valence-corrected chi connectivity index (χ3v) is 3.26. The fourth-order valence-corrected chi connectivity index (χ4v) is 2.20. The Morgan fingerprint density at radius 1 is 1.31 bits per heavy atom. The molecule has 0 heterocycles. The Bertz CT molecular complexity index is 216. The molecule has 2 atom stereocenters. The maximum atomic E-state index is 11.6. The van der Waals surface area contributed by atoms with Crippen LogP contribution in [-0.4, -0.2) is 24.7 Å². The Morgan fingerprint density at radius 2 is 2.00 bits per heavy atom. The molecule has 0 aromatic rings. The lowest BCUT2D eigenvalue weighted by molar-refractivity contribution is -0.128. The molecule has 1 fully saturated rings. The van der Waals surface area contributed by atoms with Gasteiger partial charge in [0.25, 0.3) is 0 Å². The molecule has 2 unspecified atom stereocenters. The lowest BCUT2D eigenvalue weighted by atomic mass is 9.97. The highest BCUT2D eigenvalue weighted by molar-refractivity contribution is 5.77. The topological polar surface area (TPSA) is 38.3 Å². The quantitative estimate of drug-likeness (QED) is 0.749. The molecule has 1 rings (SSSR count). The van der Waals surface area contributed by atoms with Crippen molar-refractivity contribution in [3.63, 3.8) is 0 Å². The standard InChI is InChI=1S/C13H25NO2/c1-10(2)16-9-13(15)14-12-8-6-4-5-7-11(12)3/h10-12H,4-9H2,1-3H3,(H,14,15). The van der Waals surface area contributed by atoms with Gasteiger partial charge in [0.15, 0.2) is 0 Å². The molecular weight excluding hydrogens is 202 g/mol. The fraction of sp³-hybridized carbons (Fsp3) is 0.923. The van der Waals surface area contributed by atoms with Crippen molar-refractivity contribution in [3.05, 3.63) is 0 Å². The maximum absolute atomic E-state index is 11.6. The first-order chi connectivity index (χ1) is 7.59. The molecule has 3 heteroatoms. The van der Waals surface area contributed by atoms with Crippen LogP contribution in [-0.2, 0) is 9.53 Å². The van der Waals surface area contributed by atoms with Crippen LogP contribution in [0.3, 0.4) is 0 Å². The van der Waals surface area contributed by atoms with Gasteiger partial charge in [-0.1, -0.05) is 26.2 Å². The van der Waals surface area contributed by atoms with E-state index in [1.165, 1.54) is 25.7 Å². The number of hydrogen-bond donors (Lipinski definition) is 1. The highest BCUT2D eigenvalue weighted by Crippen LogP contribution is 2.22. The van der Waals surface area contributed by atoms with E-state index < -0.39 is 0 Å². The van der Waals surface area contributed by atoms with Crippen LogP contribution in [0.1, 0.15) is 52.9 Å². The van der Waals surface area contributed by atoms with E-state index in [2.05, 4.69) is 12.2 Å². The van der Waals surface area contributed by atoms with Crippen molar-refractivity contribution in [1.82, 2.24) is 5.32 Å². The van der Waals surface area contributed by atoms with Crippen molar-refractivity contribution in [2.75, 3.05) is 6.61 Å². The number of nitrogens with one attached hydrogen (secondary N) is 1. The third kappa shape index (κ3) is 4.97. The summed E-state index contributed by atoms with van der Waals surface area (Å²) >= 11 is 0. The lowest BCUT2D eigenvalue weighted by Gasteiger charge is -2.23. The zero-order valence-corrected chi connectivity index (χ0v) is 10.8. The molecule has 1 aliphatic carbocycles. The van der Waals surface area contributed by atoms with Gasteiger partial charge in [-0.3, -0.25) is 4.79 Å². The molecule has 1 N–H and O–H groups in total. The number of amides is 1. The lowest BCUT2D eigenvalue weighted by Crippen LogP contribution is -2.41. The number of carbonyl (C=O) groups is 1. The second-order valence-electron chi connectivity index (χ2n) is 5.15. The van der Waals surface area contributed by atoms with Gasteiger partial charge in [-0.25, -0.2) is 0 Å². The number of ether oxygens (including phenoxy) is 1. The number of rotatable bonds is 4. The first-order valence-corrected chi connectivity index (χ1v) is 6.50. The van der Waals surface area contributed by atoms with Crippen LogP contribution >= 0.6 is 0 Å². The summed E-state index contributed by atoms with van der Waals surface area (Å²) in [5.41, 5.74) is 0. The van der Waals surface area contributed by atoms with Gasteiger partial charge in [0.1, 0.15) is 6.61 Å². The van der Waals surface area contributed by atoms with Gasteiger partial charge in [0.2, 0.25) is 5.91 Å². The van der Waals surface area contributed by atoms with E-state index >= 15 is 0 Å². The second-order valence-corrected chi connectivity index (χ2v) is 5.15. The molecule has 1 saturated carbocycles. The Labute approximate surface area is 98.9 Å². The van der Waals surface area contributed by atoms with Gasteiger partial charge in [0, 0.05) is 6.04 Å². The molecule has 0 spiro atoms. The molecule has 94 valence electrons. The Morgan fingerprint density at radius 3 is 2.69 bits per heavy atom. The molecule has 0 radical (unpaired) electrons. The zero-order valence-electron chi connectivity index (χ0n) is 10.8. The summed E-state index contributed by atoms with van der Waals surface area (Å²) in [5, 5.41) is 3.10. The number of carbonyl (C=O) groups excluding carboxylic acids is 1. The molecule has 3 nitrogen and oxygen atoms in total. The highest BCUT2D eigenvalue weighted by Gasteiger charge is 2.21. The van der Waals surface area contributed by atoms with E-state index in [4.69, 9.17) is 4.74 Å². The van der Waals surface area contributed by atoms with Crippen molar-refractivity contribution < 1.29 is 9.53 Å². The third-order valence-electron chi connectivity index (χ3n) is 3.26. The van der Waals surface area contributed by atoms with Crippen molar-refractivity contribution in [2.45, 2.75) is 65.0 Å². The zero-order chi connectivity index (χ0) is 12.0. The van der Waals surface area contributed by atoms with Crippen molar-refractivity contribution in [1.29, 1.82) is 0 Å². The molecule has 0 bridgehead atoms. The van der Waals surface area contributed by atoms with Crippen molar-refractivity contribution in [3.8, 4) is 0 Å². The van der Waals surface area contributed by atoms with E-state index in [0.717, 1.165) is 6.42 Å². The average molecular weight is 227 g/mol. The van der Waals surface area contributed by atoms with Crippen LogP contribution in [0.4, 0.5) is 0 Å². The molecule has 1 aliphatic rings. The molecule has 0 saturated heterocycles. The predicted molar refractivity (Wildman–Crippen MR) is 65.3 cm³/mol. The Hall–Kier alpha value is -0.570. The molecule has 0 aromatic carbocycles. The van der Waals surface area contributed by atoms with Gasteiger partial charge in [-0.2, -0.15) is 0 Å². The minimum atomic E-state index is 0.0347. The SMILES string of the molecule is CC(C)OCC(=O)NC1CCCCCC1C. The molecular formula is C13H25NO2. The molecule has 1 amide bonds. The monoisotopic (exact) mass is 227 g/mol. The second kappa shape index (κ2) is 6.89. The van der Waals surface area contributed by atoms with E-state index in [-0.39, 0.29) is 18.6 Å². The fourth-order valence-electron chi connectivity index (χ4n) is 2.20. The summed E-state index contributed by atoms with van der Waals surface area (Å²) in [6.45, 7) is 6.32. The molecule has 0 aromatic heterocycles. The van der Waals surface area contributed by atoms with Crippen molar-refractivity contribution in [2.24, 2.45) is 5.92 Å². The van der Waals surface area contributed by atoms with E-state index in [9.17, 15) is 4.79 Å². The molecule has 0 aliphatic heterocycles. The van der Waals surface area contributed by atoms with Crippen LogP contribution < -0.4 is 5.32 Å². The van der Waals surface area contributed by atoms with Crippen LogP contribution in [0.15, 0.2) is 0 Å². The maximum Gasteiger partial charge on any atom is 0.246 e. The minimum Gasteiger partial charge on any atom is -0.369 e. The van der Waals surface area contributed by atoms with Crippen LogP contribution in [0, 0.1) is 5.92 Å². The van der Waals surface area contributed by atoms with Gasteiger partial charge >= 0.3 is 0 Å². The molecule has 16 heavy (non-hydrogen) atoms. The normalized spacial score (nSPS) is 26.5. The van der Waals surface area contributed by atoms with E-state index in [0.29, 0.717) is 12.0 Å². The van der Waals surface area contributed by atoms with Crippen LogP contribution in [0.2, 0.25) is 0 Å². The van der Waals surface area contributed by atoms with Gasteiger partial charge < -0.3 is 10.1 Å². The van der Waals surface area contributed by atoms with Gasteiger partial charge in [0.05, 0.1) is 6.10 Å². The summed E-state index contributed by atoms with van der Waals surface area (Å²) in [6, 6.07) is 0.353. The minimum absolute atomic E-state index is 0.0347. The average Bonchev–Trinajstić information content (AvgIpc) is 2.42. The van der Waals surface area contributed by atoms with Gasteiger partial charge in [-0.15, -0.1) is 0 Å².